The first kappa shape index (κ1) is 15.9. The van der Waals surface area contributed by atoms with Gasteiger partial charge in [-0.1, -0.05) is 0 Å². The highest BCUT2D eigenvalue weighted by molar-refractivity contribution is 5.13. The molecule has 4 saturated carbocycles. The van der Waals surface area contributed by atoms with Gasteiger partial charge in [0, 0.05) is 18.9 Å². The van der Waals surface area contributed by atoms with Crippen LogP contribution in [0.2, 0.25) is 0 Å². The first-order valence-corrected chi connectivity index (χ1v) is 10.0. The molecule has 0 bridgehead atoms. The highest BCUT2D eigenvalue weighted by Gasteiger charge is 2.58. The van der Waals surface area contributed by atoms with Crippen LogP contribution in [0.25, 0.3) is 0 Å². The molecule has 4 heteroatoms. The summed E-state index contributed by atoms with van der Waals surface area (Å²) in [6, 6.07) is 0. The molecular formula is C20H31O4+. The van der Waals surface area contributed by atoms with Crippen LogP contribution in [-0.2, 0) is 14.2 Å². The molecule has 0 aromatic carbocycles. The Morgan fingerprint density at radius 2 is 1.75 bits per heavy atom. The summed E-state index contributed by atoms with van der Waals surface area (Å²) in [5.41, 5.74) is 0. The maximum Gasteiger partial charge on any atom is 0.147 e. The van der Waals surface area contributed by atoms with E-state index in [1.165, 1.54) is 38.5 Å². The Balaban J connectivity index is 1.33. The van der Waals surface area contributed by atoms with Crippen LogP contribution in [0.5, 0.6) is 0 Å². The van der Waals surface area contributed by atoms with E-state index in [1.807, 2.05) is 0 Å². The molecule has 0 aromatic heterocycles. The smallest absolute Gasteiger partial charge is 0.147 e. The fourth-order valence-corrected chi connectivity index (χ4v) is 6.86. The average molecular weight is 335 g/mol. The number of hydrogen-bond acceptors (Lipinski definition) is 4. The van der Waals surface area contributed by atoms with Crippen molar-refractivity contribution in [3.8, 4) is 0 Å². The van der Waals surface area contributed by atoms with E-state index in [-0.39, 0.29) is 12.2 Å². The zero-order chi connectivity index (χ0) is 16.3. The first-order chi connectivity index (χ1) is 11.7. The van der Waals surface area contributed by atoms with E-state index in [1.54, 1.807) is 13.0 Å². The molecule has 0 amide bonds. The van der Waals surface area contributed by atoms with E-state index >= 15 is 0 Å². The summed E-state index contributed by atoms with van der Waals surface area (Å²) in [4.78, 5) is 0. The minimum Gasteiger partial charge on any atom is -0.390 e. The lowest BCUT2D eigenvalue weighted by atomic mass is 9.52. The van der Waals surface area contributed by atoms with Crippen molar-refractivity contribution in [3.63, 3.8) is 0 Å². The minimum absolute atomic E-state index is 0.0548. The highest BCUT2D eigenvalue weighted by atomic mass is 16.7. The fourth-order valence-electron chi connectivity index (χ4n) is 6.86. The maximum atomic E-state index is 10.7. The Hall–Kier alpha value is -0.290. The first-order valence-electron chi connectivity index (χ1n) is 10.0. The van der Waals surface area contributed by atoms with E-state index in [9.17, 15) is 5.11 Å². The van der Waals surface area contributed by atoms with Gasteiger partial charge in [-0.05, 0) is 50.4 Å². The van der Waals surface area contributed by atoms with Crippen LogP contribution >= 0.6 is 0 Å². The normalized spacial score (nSPS) is 53.8. The Bertz CT molecular complexity index is 469. The molecule has 4 aliphatic carbocycles. The summed E-state index contributed by atoms with van der Waals surface area (Å²) in [6.45, 7) is 0.505. The SMILES string of the molecule is COC1CCC2CC3[C+](CCC4CC5OCOC5CC43)CC2C1O. The third-order valence-electron chi connectivity index (χ3n) is 8.11. The second-order valence-electron chi connectivity index (χ2n) is 8.93. The molecule has 0 aromatic rings. The number of methoxy groups -OCH3 is 1. The van der Waals surface area contributed by atoms with Crippen molar-refractivity contribution in [1.29, 1.82) is 0 Å². The lowest BCUT2D eigenvalue weighted by Gasteiger charge is -2.50. The molecule has 5 fully saturated rings. The van der Waals surface area contributed by atoms with Crippen LogP contribution in [0.3, 0.4) is 0 Å². The molecule has 5 rings (SSSR count). The largest absolute Gasteiger partial charge is 0.390 e. The van der Waals surface area contributed by atoms with Crippen LogP contribution in [-0.4, -0.2) is 43.4 Å². The Labute approximate surface area is 145 Å². The van der Waals surface area contributed by atoms with Gasteiger partial charge in [-0.15, -0.1) is 0 Å². The lowest BCUT2D eigenvalue weighted by molar-refractivity contribution is -0.108. The summed E-state index contributed by atoms with van der Waals surface area (Å²) >= 11 is 0. The monoisotopic (exact) mass is 335 g/mol. The highest BCUT2D eigenvalue weighted by Crippen LogP contribution is 2.57. The number of hydrogen-bond donors (Lipinski definition) is 1. The summed E-state index contributed by atoms with van der Waals surface area (Å²) in [5.74, 6) is 5.30. The molecule has 5 aliphatic rings. The molecule has 1 heterocycles. The second-order valence-corrected chi connectivity index (χ2v) is 8.93. The quantitative estimate of drug-likeness (QED) is 0.749. The van der Waals surface area contributed by atoms with Gasteiger partial charge in [0.2, 0.25) is 0 Å². The van der Waals surface area contributed by atoms with E-state index in [2.05, 4.69) is 0 Å². The summed E-state index contributed by atoms with van der Waals surface area (Å²) in [6.07, 6.45) is 10.2. The molecule has 4 nitrogen and oxygen atoms in total. The topological polar surface area (TPSA) is 47.9 Å². The van der Waals surface area contributed by atoms with E-state index in [0.717, 1.165) is 30.6 Å². The van der Waals surface area contributed by atoms with Crippen LogP contribution < -0.4 is 0 Å². The van der Waals surface area contributed by atoms with Crippen molar-refractivity contribution in [1.82, 2.24) is 0 Å². The van der Waals surface area contributed by atoms with Gasteiger partial charge in [0.1, 0.15) is 12.7 Å². The van der Waals surface area contributed by atoms with Crippen molar-refractivity contribution in [2.75, 3.05) is 13.9 Å². The third-order valence-corrected chi connectivity index (χ3v) is 8.11. The molecular weight excluding hydrogens is 304 g/mol. The zero-order valence-electron chi connectivity index (χ0n) is 14.7. The lowest BCUT2D eigenvalue weighted by Crippen LogP contribution is -2.51. The van der Waals surface area contributed by atoms with Gasteiger partial charge in [-0.3, -0.25) is 0 Å². The predicted octanol–water partition coefficient (Wildman–Crippen LogP) is 2.93. The van der Waals surface area contributed by atoms with Crippen molar-refractivity contribution in [2.24, 2.45) is 29.6 Å². The van der Waals surface area contributed by atoms with E-state index in [0.29, 0.717) is 30.8 Å². The summed E-state index contributed by atoms with van der Waals surface area (Å²) < 4.78 is 17.2. The van der Waals surface area contributed by atoms with Crippen LogP contribution in [0, 0.1) is 35.5 Å². The standard InChI is InChI=1S/C20H31O4/c1-22-17-5-4-12-6-14-11(7-16(12)20(17)21)2-3-13-8-18-19(9-15(13)14)24-10-23-18/h12-21H,2-10H2,1H3/q+1. The van der Waals surface area contributed by atoms with Gasteiger partial charge in [0.25, 0.3) is 0 Å². The van der Waals surface area contributed by atoms with Crippen LogP contribution in [0.1, 0.15) is 51.4 Å². The van der Waals surface area contributed by atoms with Crippen molar-refractivity contribution >= 4 is 0 Å². The zero-order valence-corrected chi connectivity index (χ0v) is 14.7. The molecule has 134 valence electrons. The van der Waals surface area contributed by atoms with Gasteiger partial charge < -0.3 is 19.3 Å². The predicted molar refractivity (Wildman–Crippen MR) is 89.0 cm³/mol. The minimum atomic E-state index is -0.262. The van der Waals surface area contributed by atoms with Crippen LogP contribution in [0.15, 0.2) is 0 Å². The number of aliphatic hydroxyl groups excluding tert-OH is 1. The number of aliphatic hydroxyl groups is 1. The van der Waals surface area contributed by atoms with Crippen LogP contribution in [0.4, 0.5) is 0 Å². The van der Waals surface area contributed by atoms with Gasteiger partial charge in [0.05, 0.1) is 43.2 Å². The number of fused-ring (bicyclic) bond motifs is 5. The van der Waals surface area contributed by atoms with Crippen molar-refractivity contribution in [3.05, 3.63) is 5.92 Å². The van der Waals surface area contributed by atoms with Crippen molar-refractivity contribution in [2.45, 2.75) is 75.8 Å². The molecule has 0 radical (unpaired) electrons. The van der Waals surface area contributed by atoms with E-state index in [4.69, 9.17) is 14.2 Å². The Kier molecular flexibility index (Phi) is 4.08. The maximum absolute atomic E-state index is 10.7. The number of rotatable bonds is 1. The number of ether oxygens (including phenoxy) is 3. The van der Waals surface area contributed by atoms with Gasteiger partial charge >= 0.3 is 0 Å². The molecule has 1 saturated heterocycles. The molecule has 1 N–H and O–H groups in total. The molecule has 9 atom stereocenters. The Morgan fingerprint density at radius 3 is 2.58 bits per heavy atom. The average Bonchev–Trinajstić information content (AvgIpc) is 3.06. The second kappa shape index (κ2) is 6.15. The molecule has 0 spiro atoms. The van der Waals surface area contributed by atoms with Gasteiger partial charge in [-0.25, -0.2) is 0 Å². The van der Waals surface area contributed by atoms with Gasteiger partial charge in [0.15, 0.2) is 0 Å². The Morgan fingerprint density at radius 1 is 0.958 bits per heavy atom. The fraction of sp³-hybridized carbons (Fsp3) is 0.950. The summed E-state index contributed by atoms with van der Waals surface area (Å²) in [5, 5.41) is 10.7. The van der Waals surface area contributed by atoms with Crippen molar-refractivity contribution < 1.29 is 19.3 Å². The third kappa shape index (κ3) is 2.45. The van der Waals surface area contributed by atoms with E-state index < -0.39 is 0 Å². The van der Waals surface area contributed by atoms with Gasteiger partial charge in [-0.2, -0.15) is 0 Å². The summed E-state index contributed by atoms with van der Waals surface area (Å²) in [7, 11) is 1.75. The molecule has 1 aliphatic heterocycles. The molecule has 9 unspecified atom stereocenters. The molecule has 24 heavy (non-hydrogen) atoms.